The Labute approximate surface area is 129 Å². The fourth-order valence-electron chi connectivity index (χ4n) is 3.04. The van der Waals surface area contributed by atoms with Gasteiger partial charge in [0.1, 0.15) is 5.82 Å². The quantitative estimate of drug-likeness (QED) is 0.901. The van der Waals surface area contributed by atoms with E-state index in [9.17, 15) is 14.0 Å². The molecule has 1 aromatic rings. The van der Waals surface area contributed by atoms with Gasteiger partial charge in [0, 0.05) is 19.6 Å². The van der Waals surface area contributed by atoms with E-state index >= 15 is 0 Å². The Balaban J connectivity index is 1.40. The molecule has 2 atom stereocenters. The molecule has 0 spiro atoms. The number of benzene rings is 1. The Bertz CT molecular complexity index is 552. The summed E-state index contributed by atoms with van der Waals surface area (Å²) in [5.74, 6) is -0.393. The highest BCUT2D eigenvalue weighted by molar-refractivity contribution is 5.92. The minimum atomic E-state index is -0.256. The maximum Gasteiger partial charge on any atom is 0.226 e. The van der Waals surface area contributed by atoms with Crippen LogP contribution in [-0.2, 0) is 16.0 Å². The van der Waals surface area contributed by atoms with Crippen molar-refractivity contribution in [1.29, 1.82) is 0 Å². The summed E-state index contributed by atoms with van der Waals surface area (Å²) in [6, 6.07) is 6.28. The van der Waals surface area contributed by atoms with E-state index in [1.54, 1.807) is 12.1 Å². The summed E-state index contributed by atoms with van der Waals surface area (Å²) in [5.41, 5.74) is 0.988. The van der Waals surface area contributed by atoms with E-state index in [0.717, 1.165) is 31.5 Å². The van der Waals surface area contributed by atoms with Crippen LogP contribution in [0, 0.1) is 17.7 Å². The maximum atomic E-state index is 12.8. The Morgan fingerprint density at radius 2 is 1.82 bits per heavy atom. The molecule has 2 unspecified atom stereocenters. The van der Waals surface area contributed by atoms with Crippen molar-refractivity contribution in [2.24, 2.45) is 11.8 Å². The van der Waals surface area contributed by atoms with Crippen molar-refractivity contribution in [2.75, 3.05) is 19.6 Å². The second-order valence-electron chi connectivity index (χ2n) is 6.15. The molecule has 0 bridgehead atoms. The third-order valence-electron chi connectivity index (χ3n) is 4.49. The molecule has 4 nitrogen and oxygen atoms in total. The fraction of sp³-hybridized carbons (Fsp3) is 0.529. The molecule has 1 aliphatic heterocycles. The topological polar surface area (TPSA) is 49.4 Å². The largest absolute Gasteiger partial charge is 0.356 e. The van der Waals surface area contributed by atoms with Gasteiger partial charge in [-0.05, 0) is 43.4 Å². The summed E-state index contributed by atoms with van der Waals surface area (Å²) in [5, 5.41) is 2.88. The summed E-state index contributed by atoms with van der Waals surface area (Å²) in [6.07, 6.45) is 3.50. The normalized spacial score (nSPS) is 23.4. The molecule has 1 aliphatic carbocycles. The van der Waals surface area contributed by atoms with Gasteiger partial charge in [0.05, 0.1) is 11.8 Å². The molecule has 2 amide bonds. The van der Waals surface area contributed by atoms with E-state index in [0.29, 0.717) is 19.4 Å². The van der Waals surface area contributed by atoms with Crippen molar-refractivity contribution in [3.63, 3.8) is 0 Å². The van der Waals surface area contributed by atoms with Gasteiger partial charge in [-0.1, -0.05) is 12.1 Å². The predicted octanol–water partition coefficient (Wildman–Crippen LogP) is 1.74. The van der Waals surface area contributed by atoms with Crippen molar-refractivity contribution in [3.8, 4) is 0 Å². The highest BCUT2D eigenvalue weighted by Gasteiger charge is 2.49. The molecule has 1 aromatic carbocycles. The van der Waals surface area contributed by atoms with Crippen LogP contribution in [-0.4, -0.2) is 36.3 Å². The van der Waals surface area contributed by atoms with Crippen molar-refractivity contribution in [1.82, 2.24) is 10.2 Å². The van der Waals surface area contributed by atoms with Gasteiger partial charge < -0.3 is 10.2 Å². The van der Waals surface area contributed by atoms with Gasteiger partial charge in [-0.15, -0.1) is 0 Å². The van der Waals surface area contributed by atoms with Crippen LogP contribution in [0.15, 0.2) is 24.3 Å². The average Bonchev–Trinajstić information content (AvgIpc) is 3.13. The van der Waals surface area contributed by atoms with E-state index < -0.39 is 0 Å². The van der Waals surface area contributed by atoms with E-state index in [1.807, 2.05) is 4.90 Å². The molecule has 0 radical (unpaired) electrons. The smallest absolute Gasteiger partial charge is 0.226 e. The number of nitrogens with one attached hydrogen (secondary N) is 1. The van der Waals surface area contributed by atoms with E-state index in [2.05, 4.69) is 5.32 Å². The molecule has 22 heavy (non-hydrogen) atoms. The molecule has 5 heteroatoms. The zero-order valence-corrected chi connectivity index (χ0v) is 12.6. The molecular weight excluding hydrogens is 283 g/mol. The van der Waals surface area contributed by atoms with Gasteiger partial charge >= 0.3 is 0 Å². The average molecular weight is 304 g/mol. The number of nitrogens with zero attached hydrogens (tertiary/aromatic N) is 1. The van der Waals surface area contributed by atoms with Crippen LogP contribution in [0.1, 0.15) is 24.8 Å². The van der Waals surface area contributed by atoms with Crippen molar-refractivity contribution in [3.05, 3.63) is 35.6 Å². The molecule has 118 valence electrons. The van der Waals surface area contributed by atoms with E-state index in [1.165, 1.54) is 12.1 Å². The van der Waals surface area contributed by atoms with Crippen LogP contribution < -0.4 is 5.32 Å². The third kappa shape index (κ3) is 3.46. The lowest BCUT2D eigenvalue weighted by atomic mass is 10.1. The molecule has 3 rings (SSSR count). The lowest BCUT2D eigenvalue weighted by molar-refractivity contribution is -0.133. The second kappa shape index (κ2) is 6.46. The third-order valence-corrected chi connectivity index (χ3v) is 4.49. The van der Waals surface area contributed by atoms with Crippen LogP contribution in [0.4, 0.5) is 4.39 Å². The SMILES string of the molecule is O=C(NCCc1ccc(F)cc1)C1CC1C(=O)N1CCCC1. The predicted molar refractivity (Wildman–Crippen MR) is 80.5 cm³/mol. The summed E-state index contributed by atoms with van der Waals surface area (Å²) < 4.78 is 12.8. The molecule has 2 aliphatic rings. The van der Waals surface area contributed by atoms with Gasteiger partial charge in [-0.2, -0.15) is 0 Å². The maximum absolute atomic E-state index is 12.8. The Kier molecular flexibility index (Phi) is 4.41. The van der Waals surface area contributed by atoms with Gasteiger partial charge in [0.25, 0.3) is 0 Å². The molecule has 1 saturated heterocycles. The lowest BCUT2D eigenvalue weighted by Crippen LogP contribution is -2.32. The van der Waals surface area contributed by atoms with Crippen LogP contribution in [0.5, 0.6) is 0 Å². The first-order valence-electron chi connectivity index (χ1n) is 7.96. The summed E-state index contributed by atoms with van der Waals surface area (Å²) in [6.45, 7) is 2.20. The van der Waals surface area contributed by atoms with Gasteiger partial charge in [-0.25, -0.2) is 4.39 Å². The first-order chi connectivity index (χ1) is 10.6. The molecule has 0 aromatic heterocycles. The number of carbonyl (C=O) groups excluding carboxylic acids is 2. The first kappa shape index (κ1) is 15.0. The Morgan fingerprint density at radius 3 is 2.50 bits per heavy atom. The summed E-state index contributed by atoms with van der Waals surface area (Å²) in [7, 11) is 0. The number of hydrogen-bond donors (Lipinski definition) is 1. The minimum absolute atomic E-state index is 0.0281. The number of hydrogen-bond acceptors (Lipinski definition) is 2. The lowest BCUT2D eigenvalue weighted by Gasteiger charge is -2.14. The van der Waals surface area contributed by atoms with Crippen molar-refractivity contribution in [2.45, 2.75) is 25.7 Å². The number of halogens is 1. The highest BCUT2D eigenvalue weighted by Crippen LogP contribution is 2.40. The molecule has 1 saturated carbocycles. The zero-order chi connectivity index (χ0) is 15.5. The zero-order valence-electron chi connectivity index (χ0n) is 12.6. The van der Waals surface area contributed by atoms with Crippen LogP contribution >= 0.6 is 0 Å². The Hall–Kier alpha value is -1.91. The second-order valence-corrected chi connectivity index (χ2v) is 6.15. The van der Waals surface area contributed by atoms with E-state index in [-0.39, 0.29) is 29.5 Å². The van der Waals surface area contributed by atoms with Crippen LogP contribution in [0.3, 0.4) is 0 Å². The Morgan fingerprint density at radius 1 is 1.14 bits per heavy atom. The molecule has 1 N–H and O–H groups in total. The van der Waals surface area contributed by atoms with Crippen molar-refractivity contribution >= 4 is 11.8 Å². The first-order valence-corrected chi connectivity index (χ1v) is 7.96. The molecular formula is C17H21FN2O2. The van der Waals surface area contributed by atoms with Gasteiger partial charge in [-0.3, -0.25) is 9.59 Å². The van der Waals surface area contributed by atoms with Gasteiger partial charge in [0.2, 0.25) is 11.8 Å². The van der Waals surface area contributed by atoms with Gasteiger partial charge in [0.15, 0.2) is 0 Å². The van der Waals surface area contributed by atoms with E-state index in [4.69, 9.17) is 0 Å². The number of likely N-dealkylation sites (tertiary alicyclic amines) is 1. The van der Waals surface area contributed by atoms with Crippen LogP contribution in [0.25, 0.3) is 0 Å². The summed E-state index contributed by atoms with van der Waals surface area (Å²) >= 11 is 0. The highest BCUT2D eigenvalue weighted by atomic mass is 19.1. The number of rotatable bonds is 5. The standard InChI is InChI=1S/C17H21FN2O2/c18-13-5-3-12(4-6-13)7-8-19-16(21)14-11-15(14)17(22)20-9-1-2-10-20/h3-6,14-15H,1-2,7-11H2,(H,19,21). The molecule has 1 heterocycles. The van der Waals surface area contributed by atoms with Crippen LogP contribution in [0.2, 0.25) is 0 Å². The fourth-order valence-corrected chi connectivity index (χ4v) is 3.04. The summed E-state index contributed by atoms with van der Waals surface area (Å²) in [4.78, 5) is 26.1. The monoisotopic (exact) mass is 304 g/mol. The molecule has 2 fully saturated rings. The number of amides is 2. The number of carbonyl (C=O) groups is 2. The van der Waals surface area contributed by atoms with Crippen molar-refractivity contribution < 1.29 is 14.0 Å². The minimum Gasteiger partial charge on any atom is -0.356 e.